The predicted octanol–water partition coefficient (Wildman–Crippen LogP) is 2.29. The maximum absolute atomic E-state index is 8.84. The minimum absolute atomic E-state index is 0.0865. The Morgan fingerprint density at radius 1 is 1.50 bits per heavy atom. The van der Waals surface area contributed by atoms with Crippen LogP contribution >= 0.6 is 11.3 Å². The Morgan fingerprint density at radius 3 is 2.83 bits per heavy atom. The number of aromatic nitrogens is 1. The molecule has 1 aliphatic rings. The smallest absolute Gasteiger partial charge is 0.0960 e. The summed E-state index contributed by atoms with van der Waals surface area (Å²) in [6.07, 6.45) is 5.27. The van der Waals surface area contributed by atoms with Crippen LogP contribution in [-0.2, 0) is 6.61 Å². The summed E-state index contributed by atoms with van der Waals surface area (Å²) in [7, 11) is 0. The van der Waals surface area contributed by atoms with Gasteiger partial charge >= 0.3 is 0 Å². The van der Waals surface area contributed by atoms with E-state index in [1.165, 1.54) is 30.7 Å². The molecule has 0 unspecified atom stereocenters. The van der Waals surface area contributed by atoms with Crippen molar-refractivity contribution in [3.8, 4) is 0 Å². The van der Waals surface area contributed by atoms with Gasteiger partial charge in [0.1, 0.15) is 0 Å². The van der Waals surface area contributed by atoms with Gasteiger partial charge in [-0.15, -0.1) is 11.3 Å². The van der Waals surface area contributed by atoms with E-state index in [2.05, 4.69) is 4.98 Å². The van der Waals surface area contributed by atoms with E-state index in [4.69, 9.17) is 5.11 Å². The SMILES string of the molecule is OCc1csc(C2CCCC2)n1. The third-order valence-electron chi connectivity index (χ3n) is 2.44. The van der Waals surface area contributed by atoms with Crippen molar-refractivity contribution in [3.63, 3.8) is 0 Å². The Morgan fingerprint density at radius 2 is 2.25 bits per heavy atom. The van der Waals surface area contributed by atoms with Crippen LogP contribution in [0.5, 0.6) is 0 Å². The van der Waals surface area contributed by atoms with E-state index in [1.807, 2.05) is 5.38 Å². The molecule has 0 saturated heterocycles. The minimum atomic E-state index is 0.0865. The number of rotatable bonds is 2. The van der Waals surface area contributed by atoms with Crippen molar-refractivity contribution < 1.29 is 5.11 Å². The average Bonchev–Trinajstić information content (AvgIpc) is 2.75. The van der Waals surface area contributed by atoms with Crippen molar-refractivity contribution in [3.05, 3.63) is 16.1 Å². The first kappa shape index (κ1) is 8.20. The molecule has 12 heavy (non-hydrogen) atoms. The second-order valence-electron chi connectivity index (χ2n) is 3.32. The van der Waals surface area contributed by atoms with Crippen molar-refractivity contribution in [2.75, 3.05) is 0 Å². The number of aliphatic hydroxyl groups is 1. The highest BCUT2D eigenvalue weighted by molar-refractivity contribution is 7.09. The van der Waals surface area contributed by atoms with Crippen LogP contribution in [0.25, 0.3) is 0 Å². The lowest BCUT2D eigenvalue weighted by Crippen LogP contribution is -1.91. The molecule has 66 valence electrons. The van der Waals surface area contributed by atoms with Crippen molar-refractivity contribution >= 4 is 11.3 Å². The summed E-state index contributed by atoms with van der Waals surface area (Å²) < 4.78 is 0. The molecule has 2 rings (SSSR count). The zero-order valence-corrected chi connectivity index (χ0v) is 7.81. The van der Waals surface area contributed by atoms with Crippen LogP contribution in [0.4, 0.5) is 0 Å². The molecule has 2 nitrogen and oxygen atoms in total. The van der Waals surface area contributed by atoms with Crippen molar-refractivity contribution in [2.24, 2.45) is 0 Å². The van der Waals surface area contributed by atoms with Gasteiger partial charge in [0.05, 0.1) is 17.3 Å². The molecular weight excluding hydrogens is 170 g/mol. The van der Waals surface area contributed by atoms with E-state index in [1.54, 1.807) is 11.3 Å². The summed E-state index contributed by atoms with van der Waals surface area (Å²) in [6, 6.07) is 0. The highest BCUT2D eigenvalue weighted by atomic mass is 32.1. The van der Waals surface area contributed by atoms with Crippen LogP contribution in [0.15, 0.2) is 5.38 Å². The monoisotopic (exact) mass is 183 g/mol. The number of hydrogen-bond acceptors (Lipinski definition) is 3. The van der Waals surface area contributed by atoms with Gasteiger partial charge in [-0.1, -0.05) is 12.8 Å². The second-order valence-corrected chi connectivity index (χ2v) is 4.21. The van der Waals surface area contributed by atoms with Crippen LogP contribution in [0.3, 0.4) is 0 Å². The van der Waals surface area contributed by atoms with E-state index in [9.17, 15) is 0 Å². The Bertz CT molecular complexity index is 253. The molecule has 1 aliphatic carbocycles. The lowest BCUT2D eigenvalue weighted by Gasteiger charge is -2.02. The predicted molar refractivity (Wildman–Crippen MR) is 49.2 cm³/mol. The van der Waals surface area contributed by atoms with E-state index in [0.29, 0.717) is 5.92 Å². The topological polar surface area (TPSA) is 33.1 Å². The largest absolute Gasteiger partial charge is 0.390 e. The zero-order valence-electron chi connectivity index (χ0n) is 6.99. The Balaban J connectivity index is 2.11. The van der Waals surface area contributed by atoms with Gasteiger partial charge in [-0.05, 0) is 12.8 Å². The quantitative estimate of drug-likeness (QED) is 0.763. The molecule has 0 atom stereocenters. The summed E-state index contributed by atoms with van der Waals surface area (Å²) in [5.41, 5.74) is 0.835. The highest BCUT2D eigenvalue weighted by Gasteiger charge is 2.19. The molecule has 1 N–H and O–H groups in total. The maximum atomic E-state index is 8.84. The van der Waals surface area contributed by atoms with E-state index >= 15 is 0 Å². The molecule has 0 aromatic carbocycles. The van der Waals surface area contributed by atoms with Gasteiger partial charge in [0.25, 0.3) is 0 Å². The molecule has 0 bridgehead atoms. The van der Waals surface area contributed by atoms with Crippen molar-refractivity contribution in [2.45, 2.75) is 38.2 Å². The molecular formula is C9H13NOS. The van der Waals surface area contributed by atoms with Gasteiger partial charge in [-0.3, -0.25) is 0 Å². The van der Waals surface area contributed by atoms with Gasteiger partial charge in [0.2, 0.25) is 0 Å². The molecule has 1 aromatic rings. The Hall–Kier alpha value is -0.410. The third-order valence-corrected chi connectivity index (χ3v) is 3.49. The third kappa shape index (κ3) is 1.52. The number of thiazole rings is 1. The Labute approximate surface area is 76.3 Å². The van der Waals surface area contributed by atoms with Gasteiger partial charge in [0, 0.05) is 11.3 Å². The first-order valence-corrected chi connectivity index (χ1v) is 5.33. The molecule has 1 fully saturated rings. The number of nitrogens with zero attached hydrogens (tertiary/aromatic N) is 1. The van der Waals surface area contributed by atoms with Gasteiger partial charge in [0.15, 0.2) is 0 Å². The standard InChI is InChI=1S/C9H13NOS/c11-5-8-6-12-9(10-8)7-3-1-2-4-7/h6-7,11H,1-5H2. The van der Waals surface area contributed by atoms with Crippen LogP contribution < -0.4 is 0 Å². The summed E-state index contributed by atoms with van der Waals surface area (Å²) in [5, 5.41) is 12.0. The molecule has 0 aliphatic heterocycles. The molecule has 1 saturated carbocycles. The normalized spacial score (nSPS) is 18.8. The maximum Gasteiger partial charge on any atom is 0.0960 e. The summed E-state index contributed by atoms with van der Waals surface area (Å²) in [6.45, 7) is 0.0865. The number of aliphatic hydroxyl groups excluding tert-OH is 1. The van der Waals surface area contributed by atoms with Gasteiger partial charge in [-0.25, -0.2) is 4.98 Å². The lowest BCUT2D eigenvalue weighted by molar-refractivity contribution is 0.277. The summed E-state index contributed by atoms with van der Waals surface area (Å²) >= 11 is 1.70. The van der Waals surface area contributed by atoms with Crippen molar-refractivity contribution in [1.82, 2.24) is 4.98 Å². The molecule has 3 heteroatoms. The Kier molecular flexibility index (Phi) is 2.42. The van der Waals surface area contributed by atoms with E-state index in [-0.39, 0.29) is 6.61 Å². The van der Waals surface area contributed by atoms with Crippen molar-refractivity contribution in [1.29, 1.82) is 0 Å². The molecule has 0 radical (unpaired) electrons. The molecule has 0 amide bonds. The van der Waals surface area contributed by atoms with Crippen LogP contribution in [0, 0.1) is 0 Å². The fourth-order valence-electron chi connectivity index (χ4n) is 1.76. The summed E-state index contributed by atoms with van der Waals surface area (Å²) in [4.78, 5) is 4.38. The van der Waals surface area contributed by atoms with E-state index < -0.39 is 0 Å². The number of hydrogen-bond donors (Lipinski definition) is 1. The van der Waals surface area contributed by atoms with Crippen LogP contribution in [0.1, 0.15) is 42.3 Å². The van der Waals surface area contributed by atoms with Gasteiger partial charge < -0.3 is 5.11 Å². The average molecular weight is 183 g/mol. The fraction of sp³-hybridized carbons (Fsp3) is 0.667. The molecule has 0 spiro atoms. The summed E-state index contributed by atoms with van der Waals surface area (Å²) in [5.74, 6) is 0.690. The lowest BCUT2D eigenvalue weighted by atomic mass is 10.1. The first-order valence-electron chi connectivity index (χ1n) is 4.45. The van der Waals surface area contributed by atoms with Gasteiger partial charge in [-0.2, -0.15) is 0 Å². The van der Waals surface area contributed by atoms with Crippen LogP contribution in [-0.4, -0.2) is 10.1 Å². The second kappa shape index (κ2) is 3.54. The van der Waals surface area contributed by atoms with E-state index in [0.717, 1.165) is 5.69 Å². The highest BCUT2D eigenvalue weighted by Crippen LogP contribution is 2.35. The molecule has 1 heterocycles. The van der Waals surface area contributed by atoms with Crippen LogP contribution in [0.2, 0.25) is 0 Å². The zero-order chi connectivity index (χ0) is 8.39. The molecule has 1 aromatic heterocycles. The minimum Gasteiger partial charge on any atom is -0.390 e. The first-order chi connectivity index (χ1) is 5.90. The fourth-order valence-corrected chi connectivity index (χ4v) is 2.74.